The molecule has 0 radical (unpaired) electrons. The van der Waals surface area contributed by atoms with Crippen LogP contribution in [0.4, 0.5) is 5.95 Å². The molecular formula is C9H15N3O. The summed E-state index contributed by atoms with van der Waals surface area (Å²) in [6, 6.07) is 0. The van der Waals surface area contributed by atoms with E-state index in [-0.39, 0.29) is 5.95 Å². The Morgan fingerprint density at radius 1 is 1.31 bits per heavy atom. The molecule has 72 valence electrons. The van der Waals surface area contributed by atoms with Crippen molar-refractivity contribution in [1.82, 2.24) is 9.97 Å². The van der Waals surface area contributed by atoms with Gasteiger partial charge in [-0.15, -0.1) is 0 Å². The van der Waals surface area contributed by atoms with Crippen LogP contribution in [0.1, 0.15) is 31.0 Å². The number of anilines is 1. The molecule has 0 unspecified atom stereocenters. The summed E-state index contributed by atoms with van der Waals surface area (Å²) in [7, 11) is 1.59. The maximum absolute atomic E-state index is 5.50. The normalized spacial score (nSPS) is 10.5. The first-order valence-electron chi connectivity index (χ1n) is 4.24. The van der Waals surface area contributed by atoms with E-state index in [0.29, 0.717) is 11.8 Å². The zero-order chi connectivity index (χ0) is 10.0. The molecule has 0 fully saturated rings. The average molecular weight is 181 g/mol. The molecular weight excluding hydrogens is 166 g/mol. The highest BCUT2D eigenvalue weighted by Gasteiger charge is 2.13. The summed E-state index contributed by atoms with van der Waals surface area (Å²) in [5, 5.41) is 0. The van der Waals surface area contributed by atoms with E-state index < -0.39 is 0 Å². The summed E-state index contributed by atoms with van der Waals surface area (Å²) in [4.78, 5) is 8.11. The monoisotopic (exact) mass is 181 g/mol. The van der Waals surface area contributed by atoms with Gasteiger partial charge >= 0.3 is 0 Å². The van der Waals surface area contributed by atoms with Crippen molar-refractivity contribution in [1.29, 1.82) is 0 Å². The first kappa shape index (κ1) is 9.77. The molecule has 0 aliphatic carbocycles. The van der Waals surface area contributed by atoms with Crippen molar-refractivity contribution < 1.29 is 4.74 Å². The highest BCUT2D eigenvalue weighted by atomic mass is 16.5. The van der Waals surface area contributed by atoms with E-state index in [1.807, 2.05) is 6.92 Å². The van der Waals surface area contributed by atoms with Crippen LogP contribution in [0.3, 0.4) is 0 Å². The maximum Gasteiger partial charge on any atom is 0.223 e. The number of methoxy groups -OCH3 is 1. The second-order valence-electron chi connectivity index (χ2n) is 3.24. The summed E-state index contributed by atoms with van der Waals surface area (Å²) >= 11 is 0. The maximum atomic E-state index is 5.50. The predicted molar refractivity (Wildman–Crippen MR) is 51.8 cm³/mol. The van der Waals surface area contributed by atoms with E-state index >= 15 is 0 Å². The molecule has 0 aliphatic rings. The van der Waals surface area contributed by atoms with Gasteiger partial charge in [0.05, 0.1) is 12.8 Å². The van der Waals surface area contributed by atoms with Crippen LogP contribution in [-0.4, -0.2) is 17.1 Å². The van der Waals surface area contributed by atoms with Crippen LogP contribution in [0.25, 0.3) is 0 Å². The third-order valence-electron chi connectivity index (χ3n) is 1.89. The van der Waals surface area contributed by atoms with Crippen LogP contribution < -0.4 is 10.5 Å². The van der Waals surface area contributed by atoms with Crippen molar-refractivity contribution in [3.8, 4) is 5.88 Å². The van der Waals surface area contributed by atoms with E-state index in [1.165, 1.54) is 0 Å². The second kappa shape index (κ2) is 3.60. The summed E-state index contributed by atoms with van der Waals surface area (Å²) < 4.78 is 5.14. The number of hydrogen-bond acceptors (Lipinski definition) is 4. The van der Waals surface area contributed by atoms with Crippen molar-refractivity contribution in [2.45, 2.75) is 26.7 Å². The number of nitrogen functional groups attached to an aromatic ring is 1. The van der Waals surface area contributed by atoms with Crippen LogP contribution in [0.2, 0.25) is 0 Å². The Morgan fingerprint density at radius 3 is 2.38 bits per heavy atom. The number of rotatable bonds is 2. The standard InChI is InChI=1S/C9H15N3O/c1-5(2)7-6(3)11-9(10)12-8(7)13-4/h5H,1-4H3,(H2,10,11,12). The molecule has 0 aromatic carbocycles. The molecule has 4 heteroatoms. The SMILES string of the molecule is COc1nc(N)nc(C)c1C(C)C. The van der Waals surface area contributed by atoms with Gasteiger partial charge in [-0.3, -0.25) is 0 Å². The van der Waals surface area contributed by atoms with Gasteiger partial charge < -0.3 is 10.5 Å². The van der Waals surface area contributed by atoms with Gasteiger partial charge in [0.15, 0.2) is 0 Å². The minimum absolute atomic E-state index is 0.263. The topological polar surface area (TPSA) is 61.0 Å². The lowest BCUT2D eigenvalue weighted by molar-refractivity contribution is 0.389. The van der Waals surface area contributed by atoms with Crippen molar-refractivity contribution in [3.05, 3.63) is 11.3 Å². The zero-order valence-corrected chi connectivity index (χ0v) is 8.46. The molecule has 2 N–H and O–H groups in total. The van der Waals surface area contributed by atoms with Gasteiger partial charge in [0.25, 0.3) is 0 Å². The third kappa shape index (κ3) is 1.88. The van der Waals surface area contributed by atoms with Gasteiger partial charge in [-0.2, -0.15) is 4.98 Å². The van der Waals surface area contributed by atoms with Gasteiger partial charge in [-0.1, -0.05) is 13.8 Å². The molecule has 0 aliphatic heterocycles. The van der Waals surface area contributed by atoms with E-state index in [4.69, 9.17) is 10.5 Å². The number of ether oxygens (including phenoxy) is 1. The van der Waals surface area contributed by atoms with Crippen LogP contribution in [-0.2, 0) is 0 Å². The number of aryl methyl sites for hydroxylation is 1. The van der Waals surface area contributed by atoms with Crippen molar-refractivity contribution in [2.24, 2.45) is 0 Å². The van der Waals surface area contributed by atoms with E-state index in [9.17, 15) is 0 Å². The summed E-state index contributed by atoms with van der Waals surface area (Å²) in [5.41, 5.74) is 7.41. The van der Waals surface area contributed by atoms with Crippen LogP contribution >= 0.6 is 0 Å². The zero-order valence-electron chi connectivity index (χ0n) is 8.46. The minimum atomic E-state index is 0.263. The van der Waals surface area contributed by atoms with Gasteiger partial charge in [0.2, 0.25) is 11.8 Å². The fourth-order valence-electron chi connectivity index (χ4n) is 1.40. The fraction of sp³-hybridized carbons (Fsp3) is 0.556. The van der Waals surface area contributed by atoms with Crippen molar-refractivity contribution in [2.75, 3.05) is 12.8 Å². The Bertz CT molecular complexity index is 310. The van der Waals surface area contributed by atoms with E-state index in [1.54, 1.807) is 7.11 Å². The number of nitrogens with two attached hydrogens (primary N) is 1. The first-order valence-corrected chi connectivity index (χ1v) is 4.24. The predicted octanol–water partition coefficient (Wildman–Crippen LogP) is 1.50. The van der Waals surface area contributed by atoms with Gasteiger partial charge in [-0.25, -0.2) is 4.98 Å². The first-order chi connectivity index (χ1) is 6.06. The van der Waals surface area contributed by atoms with Gasteiger partial charge in [-0.05, 0) is 12.8 Å². The van der Waals surface area contributed by atoms with Crippen molar-refractivity contribution in [3.63, 3.8) is 0 Å². The Hall–Kier alpha value is -1.32. The molecule has 0 spiro atoms. The Morgan fingerprint density at radius 2 is 1.92 bits per heavy atom. The quantitative estimate of drug-likeness (QED) is 0.751. The molecule has 0 bridgehead atoms. The molecule has 0 saturated carbocycles. The summed E-state index contributed by atoms with van der Waals surface area (Å²) in [6.07, 6.45) is 0. The number of nitrogens with zero attached hydrogens (tertiary/aromatic N) is 2. The average Bonchev–Trinajstić information content (AvgIpc) is 2.01. The highest BCUT2D eigenvalue weighted by molar-refractivity contribution is 5.37. The van der Waals surface area contributed by atoms with E-state index in [0.717, 1.165) is 11.3 Å². The minimum Gasteiger partial charge on any atom is -0.481 e. The molecule has 4 nitrogen and oxygen atoms in total. The van der Waals surface area contributed by atoms with Crippen LogP contribution in [0.15, 0.2) is 0 Å². The Kier molecular flexibility index (Phi) is 2.70. The molecule has 0 saturated heterocycles. The lowest BCUT2D eigenvalue weighted by Crippen LogP contribution is -2.06. The fourth-order valence-corrected chi connectivity index (χ4v) is 1.40. The molecule has 1 aromatic rings. The molecule has 0 amide bonds. The molecule has 0 atom stereocenters. The third-order valence-corrected chi connectivity index (χ3v) is 1.89. The smallest absolute Gasteiger partial charge is 0.223 e. The van der Waals surface area contributed by atoms with Gasteiger partial charge in [0.1, 0.15) is 0 Å². The molecule has 13 heavy (non-hydrogen) atoms. The summed E-state index contributed by atoms with van der Waals surface area (Å²) in [6.45, 7) is 6.06. The molecule has 1 aromatic heterocycles. The molecule has 1 rings (SSSR count). The Balaban J connectivity index is 3.30. The van der Waals surface area contributed by atoms with Crippen molar-refractivity contribution >= 4 is 5.95 Å². The molecule has 1 heterocycles. The van der Waals surface area contributed by atoms with Gasteiger partial charge in [0, 0.05) is 5.56 Å². The largest absolute Gasteiger partial charge is 0.481 e. The summed E-state index contributed by atoms with van der Waals surface area (Å²) in [5.74, 6) is 1.19. The van der Waals surface area contributed by atoms with Crippen LogP contribution in [0, 0.1) is 6.92 Å². The highest BCUT2D eigenvalue weighted by Crippen LogP contribution is 2.26. The lowest BCUT2D eigenvalue weighted by atomic mass is 10.0. The van der Waals surface area contributed by atoms with E-state index in [2.05, 4.69) is 23.8 Å². The number of hydrogen-bond donors (Lipinski definition) is 1. The number of aromatic nitrogens is 2. The lowest BCUT2D eigenvalue weighted by Gasteiger charge is -2.12. The second-order valence-corrected chi connectivity index (χ2v) is 3.24. The van der Waals surface area contributed by atoms with Crippen LogP contribution in [0.5, 0.6) is 5.88 Å². The Labute approximate surface area is 78.1 Å².